The average molecular weight is 165 g/mol. The number of rotatable bonds is 1. The van der Waals surface area contributed by atoms with E-state index in [2.05, 4.69) is 6.58 Å². The lowest BCUT2D eigenvalue weighted by Gasteiger charge is -2.30. The molecule has 2 aliphatic rings. The zero-order chi connectivity index (χ0) is 8.55. The van der Waals surface area contributed by atoms with Crippen LogP contribution in [0, 0.1) is 11.8 Å². The van der Waals surface area contributed by atoms with E-state index in [0.29, 0.717) is 0 Å². The summed E-state index contributed by atoms with van der Waals surface area (Å²) >= 11 is 0. The van der Waals surface area contributed by atoms with Crippen molar-refractivity contribution < 1.29 is 4.79 Å². The van der Waals surface area contributed by atoms with Crippen molar-refractivity contribution in [2.24, 2.45) is 11.8 Å². The summed E-state index contributed by atoms with van der Waals surface area (Å²) in [6.07, 6.45) is 5.43. The minimum absolute atomic E-state index is 0.117. The average Bonchev–Trinajstić information content (AvgIpc) is 2.44. The van der Waals surface area contributed by atoms with Crippen LogP contribution in [-0.4, -0.2) is 23.9 Å². The van der Waals surface area contributed by atoms with Gasteiger partial charge in [-0.25, -0.2) is 0 Å². The molecule has 2 atom stereocenters. The second-order valence-corrected chi connectivity index (χ2v) is 3.99. The summed E-state index contributed by atoms with van der Waals surface area (Å²) in [4.78, 5) is 13.3. The number of nitrogens with zero attached hydrogens (tertiary/aromatic N) is 1. The highest BCUT2D eigenvalue weighted by Gasteiger charge is 2.33. The second kappa shape index (κ2) is 2.92. The predicted octanol–water partition coefficient (Wildman–Crippen LogP) is 1.43. The Morgan fingerprint density at radius 2 is 1.92 bits per heavy atom. The summed E-state index contributed by atoms with van der Waals surface area (Å²) in [5.74, 6) is 1.69. The molecule has 12 heavy (non-hydrogen) atoms. The third-order valence-electron chi connectivity index (χ3n) is 3.09. The lowest BCUT2D eigenvalue weighted by Crippen LogP contribution is -2.39. The van der Waals surface area contributed by atoms with Crippen molar-refractivity contribution in [1.29, 1.82) is 0 Å². The quantitative estimate of drug-likeness (QED) is 0.538. The van der Waals surface area contributed by atoms with Gasteiger partial charge in [0.2, 0.25) is 5.91 Å². The van der Waals surface area contributed by atoms with Gasteiger partial charge >= 0.3 is 0 Å². The highest BCUT2D eigenvalue weighted by molar-refractivity contribution is 5.87. The minimum Gasteiger partial charge on any atom is -0.339 e. The second-order valence-electron chi connectivity index (χ2n) is 3.99. The highest BCUT2D eigenvalue weighted by atomic mass is 16.2. The standard InChI is InChI=1S/C10H15NO/c1-2-10(12)11-6-8-3-4-9(5-8)7-11/h2,8-9H,1,3-7H2. The molecule has 2 heteroatoms. The van der Waals surface area contributed by atoms with Gasteiger partial charge in [0.05, 0.1) is 0 Å². The van der Waals surface area contributed by atoms with E-state index in [1.54, 1.807) is 0 Å². The van der Waals surface area contributed by atoms with Crippen LogP contribution in [0.25, 0.3) is 0 Å². The SMILES string of the molecule is C=CC(=O)N1CC2CCC(C2)C1. The first-order valence-electron chi connectivity index (χ1n) is 4.71. The highest BCUT2D eigenvalue weighted by Crippen LogP contribution is 2.36. The van der Waals surface area contributed by atoms with Gasteiger partial charge in [-0.3, -0.25) is 4.79 Å². The molecular weight excluding hydrogens is 150 g/mol. The predicted molar refractivity (Wildman–Crippen MR) is 47.6 cm³/mol. The van der Waals surface area contributed by atoms with Crippen LogP contribution in [0.5, 0.6) is 0 Å². The number of fused-ring (bicyclic) bond motifs is 2. The van der Waals surface area contributed by atoms with E-state index in [4.69, 9.17) is 0 Å². The molecule has 2 nitrogen and oxygen atoms in total. The van der Waals surface area contributed by atoms with Crippen LogP contribution in [0.3, 0.4) is 0 Å². The number of hydrogen-bond donors (Lipinski definition) is 0. The Labute approximate surface area is 73.2 Å². The summed E-state index contributed by atoms with van der Waals surface area (Å²) in [5.41, 5.74) is 0. The van der Waals surface area contributed by atoms with E-state index in [1.807, 2.05) is 4.90 Å². The van der Waals surface area contributed by atoms with Crippen molar-refractivity contribution in [3.8, 4) is 0 Å². The first-order valence-corrected chi connectivity index (χ1v) is 4.71. The van der Waals surface area contributed by atoms with Crippen LogP contribution < -0.4 is 0 Å². The zero-order valence-corrected chi connectivity index (χ0v) is 7.33. The minimum atomic E-state index is 0.117. The van der Waals surface area contributed by atoms with E-state index in [0.717, 1.165) is 24.9 Å². The molecule has 0 aromatic rings. The van der Waals surface area contributed by atoms with Gasteiger partial charge in [-0.2, -0.15) is 0 Å². The summed E-state index contributed by atoms with van der Waals surface area (Å²) in [7, 11) is 0. The fraction of sp³-hybridized carbons (Fsp3) is 0.700. The number of carbonyl (C=O) groups excluding carboxylic acids is 1. The maximum Gasteiger partial charge on any atom is 0.245 e. The molecule has 0 aromatic heterocycles. The summed E-state index contributed by atoms with van der Waals surface area (Å²) in [6.45, 7) is 5.46. The van der Waals surface area contributed by atoms with Gasteiger partial charge in [-0.1, -0.05) is 6.58 Å². The molecule has 2 rings (SSSR count). The van der Waals surface area contributed by atoms with Crippen LogP contribution in [0.1, 0.15) is 19.3 Å². The fourth-order valence-electron chi connectivity index (χ4n) is 2.52. The Morgan fingerprint density at radius 1 is 1.33 bits per heavy atom. The van der Waals surface area contributed by atoms with E-state index in [9.17, 15) is 4.79 Å². The van der Waals surface area contributed by atoms with Crippen LogP contribution in [0.15, 0.2) is 12.7 Å². The molecule has 0 spiro atoms. The smallest absolute Gasteiger partial charge is 0.245 e. The van der Waals surface area contributed by atoms with Gasteiger partial charge in [-0.05, 0) is 37.2 Å². The molecule has 0 radical (unpaired) electrons. The van der Waals surface area contributed by atoms with Crippen molar-refractivity contribution in [3.05, 3.63) is 12.7 Å². The van der Waals surface area contributed by atoms with Crippen molar-refractivity contribution in [2.45, 2.75) is 19.3 Å². The summed E-state index contributed by atoms with van der Waals surface area (Å²) < 4.78 is 0. The van der Waals surface area contributed by atoms with Crippen molar-refractivity contribution in [2.75, 3.05) is 13.1 Å². The summed E-state index contributed by atoms with van der Waals surface area (Å²) in [6, 6.07) is 0. The van der Waals surface area contributed by atoms with E-state index >= 15 is 0 Å². The van der Waals surface area contributed by atoms with Crippen molar-refractivity contribution in [1.82, 2.24) is 4.90 Å². The van der Waals surface area contributed by atoms with E-state index in [1.165, 1.54) is 25.3 Å². The van der Waals surface area contributed by atoms with E-state index in [-0.39, 0.29) is 5.91 Å². The molecule has 1 saturated heterocycles. The van der Waals surface area contributed by atoms with Gasteiger partial charge in [0, 0.05) is 13.1 Å². The third kappa shape index (κ3) is 1.26. The van der Waals surface area contributed by atoms with Gasteiger partial charge in [-0.15, -0.1) is 0 Å². The zero-order valence-electron chi connectivity index (χ0n) is 7.33. The Hall–Kier alpha value is -0.790. The Morgan fingerprint density at radius 3 is 2.42 bits per heavy atom. The van der Waals surface area contributed by atoms with Crippen LogP contribution in [0.4, 0.5) is 0 Å². The molecule has 2 fully saturated rings. The lowest BCUT2D eigenvalue weighted by molar-refractivity contribution is -0.128. The normalized spacial score (nSPS) is 33.5. The number of piperidine rings is 1. The molecule has 1 aliphatic carbocycles. The fourth-order valence-corrected chi connectivity index (χ4v) is 2.52. The largest absolute Gasteiger partial charge is 0.339 e. The van der Waals surface area contributed by atoms with E-state index < -0.39 is 0 Å². The Kier molecular flexibility index (Phi) is 1.91. The first kappa shape index (κ1) is 7.84. The molecule has 1 saturated carbocycles. The molecule has 66 valence electrons. The number of amides is 1. The Bertz CT molecular complexity index is 200. The molecule has 1 amide bonds. The molecule has 2 unspecified atom stereocenters. The van der Waals surface area contributed by atoms with Crippen LogP contribution in [-0.2, 0) is 4.79 Å². The third-order valence-corrected chi connectivity index (χ3v) is 3.09. The number of carbonyl (C=O) groups is 1. The maximum absolute atomic E-state index is 11.3. The van der Waals surface area contributed by atoms with Crippen LogP contribution >= 0.6 is 0 Å². The van der Waals surface area contributed by atoms with Gasteiger partial charge in [0.1, 0.15) is 0 Å². The van der Waals surface area contributed by atoms with Gasteiger partial charge in [0.25, 0.3) is 0 Å². The Balaban J connectivity index is 2.02. The maximum atomic E-state index is 11.3. The molecule has 0 N–H and O–H groups in total. The molecule has 0 aromatic carbocycles. The molecule has 1 aliphatic heterocycles. The topological polar surface area (TPSA) is 20.3 Å². The van der Waals surface area contributed by atoms with Crippen molar-refractivity contribution in [3.63, 3.8) is 0 Å². The first-order chi connectivity index (χ1) is 5.79. The van der Waals surface area contributed by atoms with Gasteiger partial charge < -0.3 is 4.90 Å². The molecule has 2 bridgehead atoms. The van der Waals surface area contributed by atoms with Crippen molar-refractivity contribution >= 4 is 5.91 Å². The monoisotopic (exact) mass is 165 g/mol. The number of hydrogen-bond acceptors (Lipinski definition) is 1. The number of likely N-dealkylation sites (tertiary alicyclic amines) is 1. The molecule has 1 heterocycles. The molecular formula is C10H15NO. The summed E-state index contributed by atoms with van der Waals surface area (Å²) in [5, 5.41) is 0. The lowest BCUT2D eigenvalue weighted by atomic mass is 9.99. The van der Waals surface area contributed by atoms with Gasteiger partial charge in [0.15, 0.2) is 0 Å². The van der Waals surface area contributed by atoms with Crippen LogP contribution in [0.2, 0.25) is 0 Å².